The van der Waals surface area contributed by atoms with Crippen LogP contribution in [0.1, 0.15) is 56.7 Å². The Balaban J connectivity index is 0.000000606. The zero-order valence-electron chi connectivity index (χ0n) is 11.2. The summed E-state index contributed by atoms with van der Waals surface area (Å²) in [7, 11) is 0. The van der Waals surface area contributed by atoms with Crippen LogP contribution in [0.3, 0.4) is 0 Å². The molecule has 1 aromatic heterocycles. The lowest BCUT2D eigenvalue weighted by molar-refractivity contribution is 0.268. The lowest BCUT2D eigenvalue weighted by Gasteiger charge is -2.25. The van der Waals surface area contributed by atoms with Crippen LogP contribution in [-0.2, 0) is 13.0 Å². The summed E-state index contributed by atoms with van der Waals surface area (Å²) in [5.41, 5.74) is 2.86. The molecule has 2 rings (SSSR count). The van der Waals surface area contributed by atoms with Crippen molar-refractivity contribution >= 4 is 11.5 Å². The predicted molar refractivity (Wildman–Crippen MR) is 72.2 cm³/mol. The number of rotatable bonds is 2. The first-order valence-electron chi connectivity index (χ1n) is 6.42. The molecule has 1 aliphatic rings. The molecule has 3 heteroatoms. The quantitative estimate of drug-likeness (QED) is 0.784. The molecule has 1 aliphatic heterocycles. The minimum atomic E-state index is 0.576. The summed E-state index contributed by atoms with van der Waals surface area (Å²) < 4.78 is 4.58. The SMILES string of the molecule is CC.CCN1CCc2snc(C(C)C)c2C1. The van der Waals surface area contributed by atoms with Crippen molar-refractivity contribution in [2.75, 3.05) is 13.1 Å². The van der Waals surface area contributed by atoms with Crippen LogP contribution >= 0.6 is 11.5 Å². The largest absolute Gasteiger partial charge is 0.299 e. The molecule has 2 heterocycles. The van der Waals surface area contributed by atoms with Crippen LogP contribution in [-0.4, -0.2) is 22.4 Å². The Morgan fingerprint density at radius 2 is 2.06 bits per heavy atom. The Labute approximate surface area is 104 Å². The van der Waals surface area contributed by atoms with Crippen molar-refractivity contribution in [3.8, 4) is 0 Å². The molecule has 0 unspecified atom stereocenters. The second-order valence-electron chi connectivity index (χ2n) is 4.24. The zero-order valence-corrected chi connectivity index (χ0v) is 12.0. The van der Waals surface area contributed by atoms with E-state index in [-0.39, 0.29) is 0 Å². The fraction of sp³-hybridized carbons (Fsp3) is 0.769. The normalized spacial score (nSPS) is 15.6. The molecule has 0 N–H and O–H groups in total. The number of likely N-dealkylation sites (N-methyl/N-ethyl adjacent to an activating group) is 1. The van der Waals surface area contributed by atoms with Gasteiger partial charge in [0.1, 0.15) is 0 Å². The van der Waals surface area contributed by atoms with Gasteiger partial charge in [-0.15, -0.1) is 0 Å². The predicted octanol–water partition coefficient (Wildman–Crippen LogP) is 3.67. The van der Waals surface area contributed by atoms with E-state index in [0.29, 0.717) is 5.92 Å². The lowest BCUT2D eigenvalue weighted by atomic mass is 10.0. The highest BCUT2D eigenvalue weighted by Gasteiger charge is 2.22. The van der Waals surface area contributed by atoms with Gasteiger partial charge in [0.2, 0.25) is 0 Å². The molecular formula is C13H24N2S. The molecule has 92 valence electrons. The van der Waals surface area contributed by atoms with Gasteiger partial charge in [0.15, 0.2) is 0 Å². The Morgan fingerprint density at radius 3 is 2.62 bits per heavy atom. The van der Waals surface area contributed by atoms with Crippen molar-refractivity contribution in [1.82, 2.24) is 9.27 Å². The van der Waals surface area contributed by atoms with E-state index >= 15 is 0 Å². The number of aromatic nitrogens is 1. The molecule has 0 bridgehead atoms. The minimum absolute atomic E-state index is 0.576. The first-order chi connectivity index (χ1) is 7.72. The van der Waals surface area contributed by atoms with Crippen LogP contribution < -0.4 is 0 Å². The van der Waals surface area contributed by atoms with E-state index in [1.807, 2.05) is 13.8 Å². The second kappa shape index (κ2) is 6.36. The van der Waals surface area contributed by atoms with Gasteiger partial charge in [-0.2, -0.15) is 4.37 Å². The van der Waals surface area contributed by atoms with Gasteiger partial charge in [-0.1, -0.05) is 34.6 Å². The Morgan fingerprint density at radius 1 is 1.38 bits per heavy atom. The first kappa shape index (κ1) is 13.7. The van der Waals surface area contributed by atoms with Crippen molar-refractivity contribution in [2.45, 2.75) is 53.5 Å². The van der Waals surface area contributed by atoms with E-state index < -0.39 is 0 Å². The van der Waals surface area contributed by atoms with Crippen LogP contribution in [0.25, 0.3) is 0 Å². The summed E-state index contributed by atoms with van der Waals surface area (Å²) in [5.74, 6) is 0.576. The molecule has 0 saturated heterocycles. The van der Waals surface area contributed by atoms with E-state index in [1.54, 1.807) is 11.5 Å². The summed E-state index contributed by atoms with van der Waals surface area (Å²) in [4.78, 5) is 4.03. The van der Waals surface area contributed by atoms with Crippen molar-refractivity contribution in [3.63, 3.8) is 0 Å². The van der Waals surface area contributed by atoms with Crippen LogP contribution in [0.2, 0.25) is 0 Å². The Kier molecular flexibility index (Phi) is 5.42. The van der Waals surface area contributed by atoms with E-state index in [9.17, 15) is 0 Å². The zero-order chi connectivity index (χ0) is 12.1. The van der Waals surface area contributed by atoms with E-state index in [0.717, 1.165) is 13.1 Å². The molecule has 0 aliphatic carbocycles. The topological polar surface area (TPSA) is 16.1 Å². The number of hydrogen-bond acceptors (Lipinski definition) is 3. The summed E-state index contributed by atoms with van der Waals surface area (Å²) in [5, 5.41) is 0. The Hall–Kier alpha value is -0.410. The second-order valence-corrected chi connectivity index (χ2v) is 5.10. The van der Waals surface area contributed by atoms with Crippen LogP contribution in [0, 0.1) is 0 Å². The number of fused-ring (bicyclic) bond motifs is 1. The highest BCUT2D eigenvalue weighted by atomic mass is 32.1. The van der Waals surface area contributed by atoms with Crippen LogP contribution in [0.5, 0.6) is 0 Å². The van der Waals surface area contributed by atoms with Crippen molar-refractivity contribution in [3.05, 3.63) is 16.1 Å². The molecule has 0 fully saturated rings. The number of hydrogen-bond donors (Lipinski definition) is 0. The molecule has 0 spiro atoms. The molecule has 0 radical (unpaired) electrons. The molecule has 16 heavy (non-hydrogen) atoms. The average Bonchev–Trinajstić information content (AvgIpc) is 2.74. The lowest BCUT2D eigenvalue weighted by Crippen LogP contribution is -2.29. The maximum atomic E-state index is 4.58. The molecule has 0 atom stereocenters. The van der Waals surface area contributed by atoms with Gasteiger partial charge in [0.25, 0.3) is 0 Å². The third-order valence-corrected chi connectivity index (χ3v) is 3.89. The van der Waals surface area contributed by atoms with E-state index in [2.05, 4.69) is 30.0 Å². The van der Waals surface area contributed by atoms with Gasteiger partial charge in [-0.05, 0) is 30.4 Å². The molecule has 0 amide bonds. The molecule has 0 aromatic carbocycles. The molecule has 0 saturated carbocycles. The highest BCUT2D eigenvalue weighted by molar-refractivity contribution is 7.06. The standard InChI is InChI=1S/C11H18N2S.C2H6/c1-4-13-6-5-10-9(7-13)11(8(2)3)12-14-10;1-2/h8H,4-7H2,1-3H3;1-2H3. The van der Waals surface area contributed by atoms with Crippen LogP contribution in [0.4, 0.5) is 0 Å². The summed E-state index contributed by atoms with van der Waals surface area (Å²) in [6.45, 7) is 14.2. The van der Waals surface area contributed by atoms with Gasteiger partial charge in [-0.3, -0.25) is 4.90 Å². The van der Waals surface area contributed by atoms with Gasteiger partial charge >= 0.3 is 0 Å². The molecule has 1 aromatic rings. The molecule has 2 nitrogen and oxygen atoms in total. The van der Waals surface area contributed by atoms with Gasteiger partial charge in [0.05, 0.1) is 5.69 Å². The van der Waals surface area contributed by atoms with E-state index in [1.165, 1.54) is 29.1 Å². The van der Waals surface area contributed by atoms with Crippen molar-refractivity contribution < 1.29 is 0 Å². The van der Waals surface area contributed by atoms with Crippen molar-refractivity contribution in [2.24, 2.45) is 0 Å². The van der Waals surface area contributed by atoms with Gasteiger partial charge < -0.3 is 0 Å². The number of nitrogens with zero attached hydrogens (tertiary/aromatic N) is 2. The maximum Gasteiger partial charge on any atom is 0.0615 e. The maximum absolute atomic E-state index is 4.58. The Bertz CT molecular complexity index is 318. The van der Waals surface area contributed by atoms with Gasteiger partial charge in [0, 0.05) is 23.5 Å². The van der Waals surface area contributed by atoms with Crippen LogP contribution in [0.15, 0.2) is 0 Å². The first-order valence-corrected chi connectivity index (χ1v) is 7.19. The fourth-order valence-electron chi connectivity index (χ4n) is 2.01. The summed E-state index contributed by atoms with van der Waals surface area (Å²) in [6, 6.07) is 0. The minimum Gasteiger partial charge on any atom is -0.299 e. The highest BCUT2D eigenvalue weighted by Crippen LogP contribution is 2.29. The smallest absolute Gasteiger partial charge is 0.0615 e. The third kappa shape index (κ3) is 2.83. The van der Waals surface area contributed by atoms with E-state index in [4.69, 9.17) is 0 Å². The fourth-order valence-corrected chi connectivity index (χ4v) is 3.00. The van der Waals surface area contributed by atoms with Gasteiger partial charge in [-0.25, -0.2) is 0 Å². The summed E-state index contributed by atoms with van der Waals surface area (Å²) >= 11 is 1.72. The third-order valence-electron chi connectivity index (χ3n) is 2.93. The monoisotopic (exact) mass is 240 g/mol. The molecular weight excluding hydrogens is 216 g/mol. The average molecular weight is 240 g/mol. The summed E-state index contributed by atoms with van der Waals surface area (Å²) in [6.07, 6.45) is 1.20. The van der Waals surface area contributed by atoms with Crippen molar-refractivity contribution in [1.29, 1.82) is 0 Å².